The van der Waals surface area contributed by atoms with E-state index < -0.39 is 5.41 Å². The number of benzene rings is 1. The highest BCUT2D eigenvalue weighted by molar-refractivity contribution is 9.10. The SMILES string of the molecule is Cc1ccc(Br)c(NC(=O)C2(C)COCC2N)c1. The van der Waals surface area contributed by atoms with Gasteiger partial charge in [-0.25, -0.2) is 0 Å². The Morgan fingerprint density at radius 2 is 2.33 bits per heavy atom. The van der Waals surface area contributed by atoms with Crippen molar-refractivity contribution in [2.75, 3.05) is 18.5 Å². The highest BCUT2D eigenvalue weighted by Gasteiger charge is 2.44. The average Bonchev–Trinajstić information content (AvgIpc) is 2.66. The van der Waals surface area contributed by atoms with Crippen LogP contribution < -0.4 is 11.1 Å². The predicted molar refractivity (Wildman–Crippen MR) is 74.4 cm³/mol. The number of ether oxygens (including phenoxy) is 1. The van der Waals surface area contributed by atoms with Crippen LogP contribution >= 0.6 is 15.9 Å². The third-order valence-corrected chi connectivity index (χ3v) is 4.10. The van der Waals surface area contributed by atoms with E-state index in [0.29, 0.717) is 13.2 Å². The molecule has 0 aromatic heterocycles. The van der Waals surface area contributed by atoms with E-state index in [1.54, 1.807) is 0 Å². The Balaban J connectivity index is 2.19. The van der Waals surface area contributed by atoms with E-state index in [-0.39, 0.29) is 11.9 Å². The van der Waals surface area contributed by atoms with Crippen molar-refractivity contribution in [2.24, 2.45) is 11.1 Å². The Hall–Kier alpha value is -0.910. The second kappa shape index (κ2) is 4.99. The minimum atomic E-state index is -0.664. The summed E-state index contributed by atoms with van der Waals surface area (Å²) >= 11 is 3.42. The van der Waals surface area contributed by atoms with Crippen LogP contribution in [0.3, 0.4) is 0 Å². The smallest absolute Gasteiger partial charge is 0.234 e. The normalized spacial score (nSPS) is 27.2. The summed E-state index contributed by atoms with van der Waals surface area (Å²) in [6.07, 6.45) is 0. The first kappa shape index (κ1) is 13.5. The van der Waals surface area contributed by atoms with Gasteiger partial charge in [0.2, 0.25) is 5.91 Å². The Labute approximate surface area is 115 Å². The third kappa shape index (κ3) is 2.43. The fraction of sp³-hybridized carbons (Fsp3) is 0.462. The monoisotopic (exact) mass is 312 g/mol. The van der Waals surface area contributed by atoms with Gasteiger partial charge in [0.15, 0.2) is 0 Å². The van der Waals surface area contributed by atoms with Crippen molar-refractivity contribution in [3.63, 3.8) is 0 Å². The van der Waals surface area contributed by atoms with Crippen LogP contribution in [0, 0.1) is 12.3 Å². The third-order valence-electron chi connectivity index (χ3n) is 3.41. The molecule has 1 aliphatic heterocycles. The molecule has 1 aromatic carbocycles. The van der Waals surface area contributed by atoms with E-state index in [4.69, 9.17) is 10.5 Å². The van der Waals surface area contributed by atoms with E-state index in [1.807, 2.05) is 32.0 Å². The number of aryl methyl sites for hydroxylation is 1. The minimum absolute atomic E-state index is 0.0983. The molecule has 1 saturated heterocycles. The van der Waals surface area contributed by atoms with Crippen molar-refractivity contribution < 1.29 is 9.53 Å². The maximum Gasteiger partial charge on any atom is 0.234 e. The van der Waals surface area contributed by atoms with Crippen LogP contribution in [0.2, 0.25) is 0 Å². The summed E-state index contributed by atoms with van der Waals surface area (Å²) in [5.41, 5.74) is 7.13. The molecule has 2 rings (SSSR count). The molecule has 1 heterocycles. The Morgan fingerprint density at radius 3 is 2.94 bits per heavy atom. The number of amides is 1. The van der Waals surface area contributed by atoms with Crippen molar-refractivity contribution in [3.8, 4) is 0 Å². The number of halogens is 1. The van der Waals surface area contributed by atoms with E-state index in [1.165, 1.54) is 0 Å². The molecule has 0 bridgehead atoms. The lowest BCUT2D eigenvalue weighted by Crippen LogP contribution is -2.47. The Morgan fingerprint density at radius 1 is 1.61 bits per heavy atom. The zero-order chi connectivity index (χ0) is 13.3. The summed E-state index contributed by atoms with van der Waals surface area (Å²) in [6, 6.07) is 5.55. The molecule has 1 fully saturated rings. The molecule has 0 spiro atoms. The van der Waals surface area contributed by atoms with E-state index >= 15 is 0 Å². The maximum absolute atomic E-state index is 12.3. The van der Waals surface area contributed by atoms with Crippen molar-refractivity contribution in [1.82, 2.24) is 0 Å². The second-order valence-corrected chi connectivity index (χ2v) is 5.83. The van der Waals surface area contributed by atoms with Gasteiger partial charge < -0.3 is 15.8 Å². The van der Waals surface area contributed by atoms with Gasteiger partial charge >= 0.3 is 0 Å². The molecule has 4 nitrogen and oxygen atoms in total. The number of anilines is 1. The van der Waals surface area contributed by atoms with Crippen LogP contribution in [0.5, 0.6) is 0 Å². The largest absolute Gasteiger partial charge is 0.379 e. The van der Waals surface area contributed by atoms with E-state index in [2.05, 4.69) is 21.2 Å². The minimum Gasteiger partial charge on any atom is -0.379 e. The fourth-order valence-electron chi connectivity index (χ4n) is 1.92. The van der Waals surface area contributed by atoms with Crippen molar-refractivity contribution in [1.29, 1.82) is 0 Å². The summed E-state index contributed by atoms with van der Waals surface area (Å²) in [5, 5.41) is 2.92. The molecule has 5 heteroatoms. The lowest BCUT2D eigenvalue weighted by molar-refractivity contribution is -0.125. The summed E-state index contributed by atoms with van der Waals surface area (Å²) < 4.78 is 6.15. The summed E-state index contributed by atoms with van der Waals surface area (Å²) in [7, 11) is 0. The summed E-state index contributed by atoms with van der Waals surface area (Å²) in [5.74, 6) is -0.0983. The van der Waals surface area contributed by atoms with E-state index in [0.717, 1.165) is 15.7 Å². The standard InChI is InChI=1S/C13H17BrN2O2/c1-8-3-4-9(14)10(5-8)16-12(17)13(2)7-18-6-11(13)15/h3-5,11H,6-7,15H2,1-2H3,(H,16,17). The van der Waals surface area contributed by atoms with Crippen LogP contribution in [0.25, 0.3) is 0 Å². The topological polar surface area (TPSA) is 64.3 Å². The Kier molecular flexibility index (Phi) is 3.75. The van der Waals surface area contributed by atoms with Crippen molar-refractivity contribution in [3.05, 3.63) is 28.2 Å². The van der Waals surface area contributed by atoms with Gasteiger partial charge in [0.05, 0.1) is 24.3 Å². The molecule has 0 radical (unpaired) electrons. The van der Waals surface area contributed by atoms with Crippen LogP contribution in [0.15, 0.2) is 22.7 Å². The van der Waals surface area contributed by atoms with Crippen LogP contribution in [0.1, 0.15) is 12.5 Å². The molecule has 1 aliphatic rings. The maximum atomic E-state index is 12.3. The molecule has 3 N–H and O–H groups in total. The van der Waals surface area contributed by atoms with Crippen LogP contribution in [0.4, 0.5) is 5.69 Å². The molecule has 98 valence electrons. The lowest BCUT2D eigenvalue weighted by atomic mass is 9.85. The first-order valence-electron chi connectivity index (χ1n) is 5.84. The molecule has 1 aromatic rings. The zero-order valence-corrected chi connectivity index (χ0v) is 12.1. The number of hydrogen-bond acceptors (Lipinski definition) is 3. The predicted octanol–water partition coefficient (Wildman–Crippen LogP) is 2.06. The van der Waals surface area contributed by atoms with Gasteiger partial charge in [0.25, 0.3) is 0 Å². The van der Waals surface area contributed by atoms with Crippen molar-refractivity contribution in [2.45, 2.75) is 19.9 Å². The molecule has 0 aliphatic carbocycles. The lowest BCUT2D eigenvalue weighted by Gasteiger charge is -2.25. The number of carbonyl (C=O) groups excluding carboxylic acids is 1. The fourth-order valence-corrected chi connectivity index (χ4v) is 2.27. The first-order valence-corrected chi connectivity index (χ1v) is 6.64. The number of carbonyl (C=O) groups is 1. The molecule has 2 unspecified atom stereocenters. The van der Waals surface area contributed by atoms with Gasteiger partial charge in [-0.2, -0.15) is 0 Å². The molecular formula is C13H17BrN2O2. The molecular weight excluding hydrogens is 296 g/mol. The molecule has 0 saturated carbocycles. The van der Waals surface area contributed by atoms with Crippen molar-refractivity contribution >= 4 is 27.5 Å². The van der Waals surface area contributed by atoms with Crippen LogP contribution in [-0.4, -0.2) is 25.2 Å². The van der Waals surface area contributed by atoms with E-state index in [9.17, 15) is 4.79 Å². The molecule has 18 heavy (non-hydrogen) atoms. The highest BCUT2D eigenvalue weighted by Crippen LogP contribution is 2.30. The number of rotatable bonds is 2. The molecule has 2 atom stereocenters. The summed E-state index contributed by atoms with van der Waals surface area (Å²) in [6.45, 7) is 4.61. The van der Waals surface area contributed by atoms with Gasteiger partial charge in [-0.3, -0.25) is 4.79 Å². The molecule has 1 amide bonds. The van der Waals surface area contributed by atoms with Crippen LogP contribution in [-0.2, 0) is 9.53 Å². The average molecular weight is 313 g/mol. The van der Waals surface area contributed by atoms with Gasteiger partial charge in [-0.15, -0.1) is 0 Å². The quantitative estimate of drug-likeness (QED) is 0.878. The van der Waals surface area contributed by atoms with Gasteiger partial charge in [-0.05, 0) is 47.5 Å². The number of hydrogen-bond donors (Lipinski definition) is 2. The second-order valence-electron chi connectivity index (χ2n) is 4.98. The van der Waals surface area contributed by atoms with Gasteiger partial charge in [-0.1, -0.05) is 6.07 Å². The summed E-state index contributed by atoms with van der Waals surface area (Å²) in [4.78, 5) is 12.3. The number of nitrogens with two attached hydrogens (primary N) is 1. The van der Waals surface area contributed by atoms with Gasteiger partial charge in [0, 0.05) is 10.5 Å². The van der Waals surface area contributed by atoms with Gasteiger partial charge in [0.1, 0.15) is 0 Å². The Bertz CT molecular complexity index is 478. The first-order chi connectivity index (χ1) is 8.43. The highest BCUT2D eigenvalue weighted by atomic mass is 79.9. The number of nitrogens with one attached hydrogen (secondary N) is 1. The zero-order valence-electron chi connectivity index (χ0n) is 10.5.